The average molecular weight is 629 g/mol. The highest BCUT2D eigenvalue weighted by Crippen LogP contribution is 2.13. The second kappa shape index (κ2) is 14.1. The van der Waals surface area contributed by atoms with Crippen molar-refractivity contribution in [2.24, 2.45) is 5.92 Å². The largest absolute Gasteiger partial charge is 0.390 e. The zero-order valence-electron chi connectivity index (χ0n) is 21.2. The molecule has 0 aromatic heterocycles. The lowest BCUT2D eigenvalue weighted by atomic mass is 10.0. The van der Waals surface area contributed by atoms with Crippen molar-refractivity contribution >= 4 is 34.4 Å². The number of halogens is 3. The number of aliphatic hydroxyl groups excluding tert-OH is 1. The average Bonchev–Trinajstić information content (AvgIpc) is 2.79. The van der Waals surface area contributed by atoms with Gasteiger partial charge in [0.1, 0.15) is 11.6 Å². The molecule has 2 unspecified atom stereocenters. The van der Waals surface area contributed by atoms with E-state index in [1.54, 1.807) is 4.90 Å². The van der Waals surface area contributed by atoms with Gasteiger partial charge in [-0.1, -0.05) is 26.0 Å². The molecule has 7 nitrogen and oxygen atoms in total. The Morgan fingerprint density at radius 3 is 2.49 bits per heavy atom. The first-order valence-corrected chi connectivity index (χ1v) is 13.5. The lowest BCUT2D eigenvalue weighted by molar-refractivity contribution is -0.137. The van der Waals surface area contributed by atoms with Crippen LogP contribution in [0.4, 0.5) is 8.78 Å². The number of nitrogens with one attached hydrogen (secondary N) is 2. The molecular formula is C27H35F2IN4O3. The number of carbonyl (C=O) groups excluding carboxylic acids is 2. The summed E-state index contributed by atoms with van der Waals surface area (Å²) in [5.41, 5.74) is 1.38. The molecule has 1 aliphatic heterocycles. The normalized spacial score (nSPS) is 16.2. The van der Waals surface area contributed by atoms with Crippen molar-refractivity contribution in [3.05, 3.63) is 68.8 Å². The van der Waals surface area contributed by atoms with E-state index >= 15 is 0 Å². The molecule has 2 aromatic rings. The zero-order chi connectivity index (χ0) is 26.9. The van der Waals surface area contributed by atoms with Crippen LogP contribution in [0.2, 0.25) is 0 Å². The third kappa shape index (κ3) is 9.91. The molecule has 1 heterocycles. The molecule has 10 heteroatoms. The van der Waals surface area contributed by atoms with E-state index in [9.17, 15) is 23.5 Å². The molecule has 1 aliphatic rings. The van der Waals surface area contributed by atoms with Gasteiger partial charge in [-0.05, 0) is 70.3 Å². The highest BCUT2D eigenvalue weighted by molar-refractivity contribution is 14.1. The van der Waals surface area contributed by atoms with Gasteiger partial charge in [-0.2, -0.15) is 0 Å². The number of benzene rings is 2. The second-order valence-electron chi connectivity index (χ2n) is 9.93. The first-order chi connectivity index (χ1) is 17.6. The van der Waals surface area contributed by atoms with Crippen molar-refractivity contribution in [2.75, 3.05) is 39.3 Å². The van der Waals surface area contributed by atoms with Crippen molar-refractivity contribution in [2.45, 2.75) is 39.0 Å². The summed E-state index contributed by atoms with van der Waals surface area (Å²) in [6.07, 6.45) is -0.962. The third-order valence-electron chi connectivity index (χ3n) is 6.11. The highest BCUT2D eigenvalue weighted by atomic mass is 127. The number of amides is 2. The number of piperazine rings is 1. The summed E-state index contributed by atoms with van der Waals surface area (Å²) in [6.45, 7) is 6.76. The van der Waals surface area contributed by atoms with Gasteiger partial charge in [-0.3, -0.25) is 14.5 Å². The van der Waals surface area contributed by atoms with Gasteiger partial charge >= 0.3 is 0 Å². The van der Waals surface area contributed by atoms with Gasteiger partial charge in [0.2, 0.25) is 11.8 Å². The first kappa shape index (κ1) is 29.4. The maximum Gasteiger partial charge on any atom is 0.236 e. The number of carbonyl (C=O) groups is 2. The molecular weight excluding hydrogens is 593 g/mol. The van der Waals surface area contributed by atoms with Crippen molar-refractivity contribution in [3.63, 3.8) is 0 Å². The lowest BCUT2D eigenvalue weighted by Gasteiger charge is -2.35. The number of nitrogens with zero attached hydrogens (tertiary/aromatic N) is 2. The Labute approximate surface area is 230 Å². The van der Waals surface area contributed by atoms with Crippen molar-refractivity contribution in [1.29, 1.82) is 0 Å². The fourth-order valence-electron chi connectivity index (χ4n) is 4.40. The van der Waals surface area contributed by atoms with Crippen molar-refractivity contribution in [3.8, 4) is 0 Å². The van der Waals surface area contributed by atoms with Crippen LogP contribution in [0.25, 0.3) is 0 Å². The van der Waals surface area contributed by atoms with Gasteiger partial charge in [0.25, 0.3) is 0 Å². The van der Waals surface area contributed by atoms with E-state index in [0.717, 1.165) is 15.2 Å². The summed E-state index contributed by atoms with van der Waals surface area (Å²) < 4.78 is 28.6. The second-order valence-corrected chi connectivity index (χ2v) is 11.2. The molecule has 3 N–H and O–H groups in total. The van der Waals surface area contributed by atoms with Gasteiger partial charge in [0, 0.05) is 42.4 Å². The Balaban J connectivity index is 1.60. The molecule has 1 fully saturated rings. The monoisotopic (exact) mass is 628 g/mol. The zero-order valence-corrected chi connectivity index (χ0v) is 23.4. The number of aliphatic hydroxyl groups is 1. The summed E-state index contributed by atoms with van der Waals surface area (Å²) in [6, 6.07) is 10.3. The van der Waals surface area contributed by atoms with Gasteiger partial charge in [0.05, 0.1) is 25.2 Å². The van der Waals surface area contributed by atoms with Gasteiger partial charge < -0.3 is 20.6 Å². The van der Waals surface area contributed by atoms with Crippen molar-refractivity contribution in [1.82, 2.24) is 20.4 Å². The summed E-state index contributed by atoms with van der Waals surface area (Å²) in [5.74, 6) is -1.44. The summed E-state index contributed by atoms with van der Waals surface area (Å²) in [5, 5.41) is 16.9. The quantitative estimate of drug-likeness (QED) is 0.315. The van der Waals surface area contributed by atoms with E-state index < -0.39 is 23.8 Å². The van der Waals surface area contributed by atoms with Crippen LogP contribution in [0.5, 0.6) is 0 Å². The molecule has 202 valence electrons. The SMILES string of the molecule is CC(C)CN1CCN(CC(=O)NC(Cc2cc(F)cc(F)c2)C(O)CNCc2cccc(I)c2)CC1=O. The van der Waals surface area contributed by atoms with Crippen LogP contribution in [0, 0.1) is 21.1 Å². The van der Waals surface area contributed by atoms with Crippen LogP contribution in [0.15, 0.2) is 42.5 Å². The number of hydrogen-bond acceptors (Lipinski definition) is 5. The molecule has 2 aromatic carbocycles. The number of rotatable bonds is 12. The van der Waals surface area contributed by atoms with Gasteiger partial charge in [-0.15, -0.1) is 0 Å². The minimum absolute atomic E-state index is 0.00211. The van der Waals surface area contributed by atoms with E-state index in [-0.39, 0.29) is 37.9 Å². The van der Waals surface area contributed by atoms with Gasteiger partial charge in [0.15, 0.2) is 0 Å². The standard InChI is InChI=1S/C27H35F2IN4O3/c1-18(2)15-34-7-6-33(17-27(34)37)16-26(36)32-24(11-20-8-21(28)12-22(29)9-20)25(35)14-31-13-19-4-3-5-23(30)10-19/h3-5,8-10,12,18,24-25,31,35H,6-7,11,13-17H2,1-2H3,(H,32,36). The molecule has 2 atom stereocenters. The summed E-state index contributed by atoms with van der Waals surface area (Å²) >= 11 is 2.23. The fourth-order valence-corrected chi connectivity index (χ4v) is 5.01. The molecule has 2 amide bonds. The van der Waals surface area contributed by atoms with Crippen LogP contribution in [-0.4, -0.2) is 78.1 Å². The van der Waals surface area contributed by atoms with Crippen LogP contribution < -0.4 is 10.6 Å². The molecule has 0 bridgehead atoms. The Bertz CT molecular complexity index is 1050. The molecule has 0 aliphatic carbocycles. The maximum absolute atomic E-state index is 13.8. The van der Waals surface area contributed by atoms with E-state index in [0.29, 0.717) is 37.7 Å². The van der Waals surface area contributed by atoms with E-state index in [1.165, 1.54) is 12.1 Å². The highest BCUT2D eigenvalue weighted by Gasteiger charge is 2.27. The fraction of sp³-hybridized carbons (Fsp3) is 0.481. The predicted octanol–water partition coefficient (Wildman–Crippen LogP) is 2.55. The minimum Gasteiger partial charge on any atom is -0.390 e. The van der Waals surface area contributed by atoms with Crippen LogP contribution in [0.1, 0.15) is 25.0 Å². The van der Waals surface area contributed by atoms with Crippen LogP contribution >= 0.6 is 22.6 Å². The maximum atomic E-state index is 13.8. The molecule has 37 heavy (non-hydrogen) atoms. The smallest absolute Gasteiger partial charge is 0.236 e. The van der Waals surface area contributed by atoms with Gasteiger partial charge in [-0.25, -0.2) is 8.78 Å². The Morgan fingerprint density at radius 2 is 1.84 bits per heavy atom. The Hall–Kier alpha value is -2.15. The Kier molecular flexibility index (Phi) is 11.2. The van der Waals surface area contributed by atoms with E-state index in [2.05, 4.69) is 47.1 Å². The van der Waals surface area contributed by atoms with E-state index in [1.807, 2.05) is 29.2 Å². The molecule has 3 rings (SSSR count). The predicted molar refractivity (Wildman–Crippen MR) is 147 cm³/mol. The molecule has 0 spiro atoms. The van der Waals surface area contributed by atoms with E-state index in [4.69, 9.17) is 0 Å². The molecule has 1 saturated heterocycles. The lowest BCUT2D eigenvalue weighted by Crippen LogP contribution is -2.55. The summed E-state index contributed by atoms with van der Waals surface area (Å²) in [4.78, 5) is 28.9. The third-order valence-corrected chi connectivity index (χ3v) is 6.78. The minimum atomic E-state index is -1.01. The van der Waals surface area contributed by atoms with Crippen LogP contribution in [0.3, 0.4) is 0 Å². The summed E-state index contributed by atoms with van der Waals surface area (Å²) in [7, 11) is 0. The number of hydrogen-bond donors (Lipinski definition) is 3. The molecule has 0 radical (unpaired) electrons. The Morgan fingerprint density at radius 1 is 1.11 bits per heavy atom. The van der Waals surface area contributed by atoms with Crippen molar-refractivity contribution < 1.29 is 23.5 Å². The van der Waals surface area contributed by atoms with Crippen LogP contribution in [-0.2, 0) is 22.6 Å². The molecule has 0 saturated carbocycles. The topological polar surface area (TPSA) is 84.9 Å². The first-order valence-electron chi connectivity index (χ1n) is 12.5.